The third-order valence-electron chi connectivity index (χ3n) is 6.66. The Labute approximate surface area is 120 Å². The lowest BCUT2D eigenvalue weighted by Gasteiger charge is -2.50. The van der Waals surface area contributed by atoms with Crippen LogP contribution < -0.4 is 0 Å². The molecule has 5 atom stereocenters. The van der Waals surface area contributed by atoms with Gasteiger partial charge in [-0.2, -0.15) is 0 Å². The second-order valence-corrected chi connectivity index (χ2v) is 7.44. The molecule has 108 valence electrons. The second-order valence-electron chi connectivity index (χ2n) is 7.44. The quantitative estimate of drug-likeness (QED) is 0.757. The summed E-state index contributed by atoms with van der Waals surface area (Å²) in [5.74, 6) is 2.49. The molecule has 0 spiro atoms. The van der Waals surface area contributed by atoms with E-state index in [0.29, 0.717) is 17.6 Å². The number of rotatable bonds is 0. The van der Waals surface area contributed by atoms with Crippen LogP contribution in [0, 0.1) is 17.3 Å². The minimum absolute atomic E-state index is 0.0883. The van der Waals surface area contributed by atoms with Gasteiger partial charge in [0.15, 0.2) is 0 Å². The molecule has 2 N–H and O–H groups in total. The zero-order valence-electron chi connectivity index (χ0n) is 12.2. The Morgan fingerprint density at radius 3 is 2.85 bits per heavy atom. The Bertz CT molecular complexity index is 538. The predicted octanol–water partition coefficient (Wildman–Crippen LogP) is 3.61. The average molecular weight is 272 g/mol. The summed E-state index contributed by atoms with van der Waals surface area (Å²) in [6.45, 7) is 2.32. The lowest BCUT2D eigenvalue weighted by molar-refractivity contribution is -0.0226. The largest absolute Gasteiger partial charge is 0.508 e. The molecule has 2 fully saturated rings. The molecule has 2 heteroatoms. The van der Waals surface area contributed by atoms with Crippen LogP contribution in [0.15, 0.2) is 18.2 Å². The summed E-state index contributed by atoms with van der Waals surface area (Å²) in [5, 5.41) is 20.0. The molecule has 2 nitrogen and oxygen atoms in total. The van der Waals surface area contributed by atoms with E-state index in [2.05, 4.69) is 13.0 Å². The number of fused-ring (bicyclic) bond motifs is 5. The fourth-order valence-corrected chi connectivity index (χ4v) is 5.54. The van der Waals surface area contributed by atoms with Crippen molar-refractivity contribution in [2.24, 2.45) is 17.3 Å². The van der Waals surface area contributed by atoms with Crippen LogP contribution in [-0.2, 0) is 6.42 Å². The third kappa shape index (κ3) is 1.60. The van der Waals surface area contributed by atoms with Gasteiger partial charge in [-0.15, -0.1) is 0 Å². The summed E-state index contributed by atoms with van der Waals surface area (Å²) in [4.78, 5) is 0. The minimum atomic E-state index is -0.0883. The van der Waals surface area contributed by atoms with E-state index in [1.165, 1.54) is 30.4 Å². The Hall–Kier alpha value is -1.02. The molecule has 3 aliphatic rings. The summed E-state index contributed by atoms with van der Waals surface area (Å²) >= 11 is 0. The van der Waals surface area contributed by atoms with Crippen molar-refractivity contribution >= 4 is 0 Å². The molecule has 0 aromatic heterocycles. The molecule has 4 unspecified atom stereocenters. The number of hydrogen-bond acceptors (Lipinski definition) is 2. The van der Waals surface area contributed by atoms with Crippen LogP contribution in [0.3, 0.4) is 0 Å². The van der Waals surface area contributed by atoms with E-state index in [0.717, 1.165) is 25.2 Å². The number of aromatic hydroxyl groups is 1. The molecule has 3 aliphatic carbocycles. The molecule has 4 rings (SSSR count). The number of aliphatic hydroxyl groups excluding tert-OH is 1. The fraction of sp³-hybridized carbons (Fsp3) is 0.667. The molecule has 0 aliphatic heterocycles. The summed E-state index contributed by atoms with van der Waals surface area (Å²) in [5.41, 5.74) is 2.99. The van der Waals surface area contributed by atoms with E-state index in [4.69, 9.17) is 0 Å². The van der Waals surface area contributed by atoms with Gasteiger partial charge in [-0.3, -0.25) is 0 Å². The maximum absolute atomic E-state index is 10.4. The van der Waals surface area contributed by atoms with Crippen LogP contribution in [-0.4, -0.2) is 16.3 Å². The van der Waals surface area contributed by atoms with Gasteiger partial charge in [0.05, 0.1) is 6.10 Å². The zero-order chi connectivity index (χ0) is 13.9. The third-order valence-corrected chi connectivity index (χ3v) is 6.66. The van der Waals surface area contributed by atoms with Crippen LogP contribution >= 0.6 is 0 Å². The van der Waals surface area contributed by atoms with Crippen molar-refractivity contribution in [1.82, 2.24) is 0 Å². The van der Waals surface area contributed by atoms with Crippen molar-refractivity contribution in [3.8, 4) is 5.75 Å². The SMILES string of the molecule is C[C@@]12CCC3c4ccc(O)cc4CCC3C1CCC2O. The Balaban J connectivity index is 1.71. The van der Waals surface area contributed by atoms with Gasteiger partial charge in [-0.05, 0) is 85.0 Å². The van der Waals surface area contributed by atoms with E-state index in [1.54, 1.807) is 0 Å². The second kappa shape index (κ2) is 4.24. The lowest BCUT2D eigenvalue weighted by atomic mass is 9.55. The van der Waals surface area contributed by atoms with Crippen molar-refractivity contribution in [2.45, 2.75) is 57.5 Å². The first-order chi connectivity index (χ1) is 9.59. The van der Waals surface area contributed by atoms with Crippen molar-refractivity contribution in [2.75, 3.05) is 0 Å². The van der Waals surface area contributed by atoms with Crippen molar-refractivity contribution in [1.29, 1.82) is 0 Å². The number of hydrogen-bond donors (Lipinski definition) is 2. The van der Waals surface area contributed by atoms with Crippen molar-refractivity contribution < 1.29 is 10.2 Å². The number of benzene rings is 1. The number of phenols is 1. The monoisotopic (exact) mass is 272 g/mol. The highest BCUT2D eigenvalue weighted by Crippen LogP contribution is 2.60. The molecule has 2 saturated carbocycles. The normalized spacial score (nSPS) is 42.7. The maximum atomic E-state index is 10.4. The van der Waals surface area contributed by atoms with Crippen LogP contribution in [0.1, 0.15) is 56.1 Å². The first-order valence-electron chi connectivity index (χ1n) is 8.09. The van der Waals surface area contributed by atoms with Gasteiger partial charge in [0.1, 0.15) is 5.75 Å². The molecule has 1 aromatic rings. The highest BCUT2D eigenvalue weighted by molar-refractivity contribution is 5.40. The fourth-order valence-electron chi connectivity index (χ4n) is 5.54. The molecular weight excluding hydrogens is 248 g/mol. The Morgan fingerprint density at radius 2 is 2.00 bits per heavy atom. The van der Waals surface area contributed by atoms with Crippen LogP contribution in [0.25, 0.3) is 0 Å². The number of aryl methyl sites for hydroxylation is 1. The van der Waals surface area contributed by atoms with Crippen molar-refractivity contribution in [3.63, 3.8) is 0 Å². The molecule has 0 bridgehead atoms. The molecule has 1 aromatic carbocycles. The zero-order valence-corrected chi connectivity index (χ0v) is 12.2. The summed E-state index contributed by atoms with van der Waals surface area (Å²) in [6.07, 6.45) is 6.78. The van der Waals surface area contributed by atoms with E-state index in [1.807, 2.05) is 12.1 Å². The number of phenolic OH excluding ortho intramolecular Hbond substituents is 1. The first-order valence-corrected chi connectivity index (χ1v) is 8.09. The molecule has 0 saturated heterocycles. The molecule has 20 heavy (non-hydrogen) atoms. The van der Waals surface area contributed by atoms with E-state index in [-0.39, 0.29) is 11.5 Å². The number of aliphatic hydroxyl groups is 1. The summed E-state index contributed by atoms with van der Waals surface area (Å²) in [7, 11) is 0. The Kier molecular flexibility index (Phi) is 2.69. The summed E-state index contributed by atoms with van der Waals surface area (Å²) in [6, 6.07) is 5.96. The van der Waals surface area contributed by atoms with Crippen LogP contribution in [0.5, 0.6) is 5.75 Å². The van der Waals surface area contributed by atoms with Gasteiger partial charge in [0, 0.05) is 0 Å². The predicted molar refractivity (Wildman–Crippen MR) is 78.7 cm³/mol. The molecule has 0 amide bonds. The average Bonchev–Trinajstić information content (AvgIpc) is 2.74. The van der Waals surface area contributed by atoms with E-state index >= 15 is 0 Å². The van der Waals surface area contributed by atoms with Crippen molar-refractivity contribution in [3.05, 3.63) is 29.3 Å². The molecular formula is C18H24O2. The highest BCUT2D eigenvalue weighted by Gasteiger charge is 2.54. The van der Waals surface area contributed by atoms with Crippen LogP contribution in [0.2, 0.25) is 0 Å². The van der Waals surface area contributed by atoms with E-state index < -0.39 is 0 Å². The minimum Gasteiger partial charge on any atom is -0.508 e. The van der Waals surface area contributed by atoms with Gasteiger partial charge in [-0.25, -0.2) is 0 Å². The maximum Gasteiger partial charge on any atom is 0.115 e. The van der Waals surface area contributed by atoms with E-state index in [9.17, 15) is 10.2 Å². The van der Waals surface area contributed by atoms with Gasteiger partial charge >= 0.3 is 0 Å². The standard InChI is InChI=1S/C18H24O2/c1-18-9-8-14-13-5-3-12(19)10-11(13)2-4-15(14)16(18)6-7-17(18)20/h3,5,10,14-17,19-20H,2,4,6-9H2,1H3/t14?,15?,16?,17?,18-/m1/s1. The molecule has 0 heterocycles. The van der Waals surface area contributed by atoms with Gasteiger partial charge < -0.3 is 10.2 Å². The van der Waals surface area contributed by atoms with Gasteiger partial charge in [0.2, 0.25) is 0 Å². The Morgan fingerprint density at radius 1 is 1.15 bits per heavy atom. The lowest BCUT2D eigenvalue weighted by Crippen LogP contribution is -2.43. The molecule has 0 radical (unpaired) electrons. The first kappa shape index (κ1) is 12.7. The van der Waals surface area contributed by atoms with Gasteiger partial charge in [0.25, 0.3) is 0 Å². The van der Waals surface area contributed by atoms with Crippen LogP contribution in [0.4, 0.5) is 0 Å². The topological polar surface area (TPSA) is 40.5 Å². The van der Waals surface area contributed by atoms with Gasteiger partial charge in [-0.1, -0.05) is 13.0 Å². The highest BCUT2D eigenvalue weighted by atomic mass is 16.3. The summed E-state index contributed by atoms with van der Waals surface area (Å²) < 4.78 is 0. The smallest absolute Gasteiger partial charge is 0.115 e.